The number of hydrogen-bond acceptors (Lipinski definition) is 5. The highest BCUT2D eigenvalue weighted by Crippen LogP contribution is 2.51. The van der Waals surface area contributed by atoms with Gasteiger partial charge in [0.25, 0.3) is 11.5 Å². The van der Waals surface area contributed by atoms with E-state index >= 15 is 0 Å². The molecule has 1 N–H and O–H groups in total. The van der Waals surface area contributed by atoms with Gasteiger partial charge in [0.1, 0.15) is 4.83 Å². The van der Waals surface area contributed by atoms with Gasteiger partial charge in [0.2, 0.25) is 0 Å². The highest BCUT2D eigenvalue weighted by Gasteiger charge is 2.57. The van der Waals surface area contributed by atoms with Gasteiger partial charge in [0, 0.05) is 37.1 Å². The number of amides is 1. The van der Waals surface area contributed by atoms with Crippen molar-refractivity contribution in [2.24, 2.45) is 12.5 Å². The van der Waals surface area contributed by atoms with Crippen molar-refractivity contribution in [1.82, 2.24) is 19.8 Å². The topological polar surface area (TPSA) is 67.2 Å². The average molecular weight is 387 g/mol. The lowest BCUT2D eigenvalue weighted by Crippen LogP contribution is -2.51. The fraction of sp³-hybridized carbons (Fsp3) is 0.650. The third-order valence-corrected chi connectivity index (χ3v) is 8.41. The minimum Gasteiger partial charge on any atom is -0.330 e. The number of aryl methyl sites for hydroxylation is 2. The van der Waals surface area contributed by atoms with Crippen LogP contribution in [0.5, 0.6) is 0 Å². The van der Waals surface area contributed by atoms with Crippen molar-refractivity contribution in [2.45, 2.75) is 64.1 Å². The van der Waals surface area contributed by atoms with Crippen LogP contribution in [0.2, 0.25) is 0 Å². The summed E-state index contributed by atoms with van der Waals surface area (Å²) in [5.41, 5.74) is 0.878. The second-order valence-corrected chi connectivity index (χ2v) is 9.73. The number of nitrogens with zero attached hydrogens (tertiary/aromatic N) is 3. The SMILES string of the molecule is Cc1c(C(=O)N2[C@@H]3CN[C@@H]4CCCC[C@H]2[C@]4(C)C3)sc2ncn(C)c(=O)c12. The van der Waals surface area contributed by atoms with Crippen molar-refractivity contribution in [3.63, 3.8) is 0 Å². The number of fused-ring (bicyclic) bond motifs is 2. The Morgan fingerprint density at radius 1 is 1.37 bits per heavy atom. The number of aromatic nitrogens is 2. The van der Waals surface area contributed by atoms with E-state index in [9.17, 15) is 9.59 Å². The molecule has 4 heterocycles. The predicted octanol–water partition coefficient (Wildman–Crippen LogP) is 2.44. The zero-order valence-corrected chi connectivity index (χ0v) is 16.9. The molecule has 2 bridgehead atoms. The highest BCUT2D eigenvalue weighted by atomic mass is 32.1. The van der Waals surface area contributed by atoms with Gasteiger partial charge >= 0.3 is 0 Å². The molecule has 6 nitrogen and oxygen atoms in total. The van der Waals surface area contributed by atoms with Crippen LogP contribution in [0.15, 0.2) is 11.1 Å². The Morgan fingerprint density at radius 3 is 2.96 bits per heavy atom. The minimum absolute atomic E-state index is 0.0730. The molecule has 2 aromatic rings. The zero-order chi connectivity index (χ0) is 18.9. The van der Waals surface area contributed by atoms with Gasteiger partial charge in [-0.05, 0) is 31.7 Å². The summed E-state index contributed by atoms with van der Waals surface area (Å²) < 4.78 is 1.49. The van der Waals surface area contributed by atoms with Crippen molar-refractivity contribution in [3.8, 4) is 0 Å². The number of nitrogens with one attached hydrogen (secondary N) is 1. The Balaban J connectivity index is 1.60. The van der Waals surface area contributed by atoms with Crippen LogP contribution in [-0.4, -0.2) is 45.0 Å². The van der Waals surface area contributed by atoms with Gasteiger partial charge in [-0.3, -0.25) is 9.59 Å². The fourth-order valence-corrected chi connectivity index (χ4v) is 6.88. The van der Waals surface area contributed by atoms with Gasteiger partial charge in [-0.2, -0.15) is 0 Å². The molecule has 0 radical (unpaired) electrons. The number of rotatable bonds is 1. The maximum Gasteiger partial charge on any atom is 0.264 e. The molecule has 2 aromatic heterocycles. The monoisotopic (exact) mass is 386 g/mol. The molecule has 27 heavy (non-hydrogen) atoms. The number of carbonyl (C=O) groups excluding carboxylic acids is 1. The molecule has 3 aliphatic rings. The van der Waals surface area contributed by atoms with Gasteiger partial charge < -0.3 is 14.8 Å². The Labute approximate surface area is 162 Å². The van der Waals surface area contributed by atoms with E-state index in [1.165, 1.54) is 35.2 Å². The van der Waals surface area contributed by atoms with Crippen molar-refractivity contribution >= 4 is 27.5 Å². The van der Waals surface area contributed by atoms with Crippen LogP contribution in [0, 0.1) is 12.3 Å². The number of piperidine rings is 1. The molecule has 1 saturated carbocycles. The Hall–Kier alpha value is -1.73. The second-order valence-electron chi connectivity index (χ2n) is 8.73. The average Bonchev–Trinajstić information content (AvgIpc) is 3.03. The standard InChI is InChI=1S/C20H26N4O2S/c1-11-15-17(22-10-23(3)18(15)25)27-16(11)19(26)24-12-8-20(2)13(21-9-12)6-4-5-7-14(20)24/h10,12-14,21H,4-9H2,1-3H3/t12-,13+,14-,20+/m0/s1. The molecule has 0 aromatic carbocycles. The van der Waals surface area contributed by atoms with Crippen LogP contribution in [0.3, 0.4) is 0 Å². The normalized spacial score (nSPS) is 32.7. The third-order valence-electron chi connectivity index (χ3n) is 7.22. The number of carbonyl (C=O) groups is 1. The first-order valence-corrected chi connectivity index (χ1v) is 10.7. The molecule has 2 saturated heterocycles. The summed E-state index contributed by atoms with van der Waals surface area (Å²) >= 11 is 1.38. The molecule has 0 unspecified atom stereocenters. The van der Waals surface area contributed by atoms with Gasteiger partial charge in [-0.1, -0.05) is 19.8 Å². The van der Waals surface area contributed by atoms with E-state index in [2.05, 4.69) is 22.1 Å². The summed E-state index contributed by atoms with van der Waals surface area (Å²) in [6.45, 7) is 5.15. The molecule has 4 atom stereocenters. The maximum absolute atomic E-state index is 13.7. The number of thiophene rings is 1. The summed E-state index contributed by atoms with van der Waals surface area (Å²) in [5, 5.41) is 4.33. The molecule has 2 aliphatic heterocycles. The smallest absolute Gasteiger partial charge is 0.264 e. The molecular formula is C20H26N4O2S. The van der Waals surface area contributed by atoms with Gasteiger partial charge in [-0.15, -0.1) is 11.3 Å². The Morgan fingerprint density at radius 2 is 2.15 bits per heavy atom. The molecule has 3 fully saturated rings. The van der Waals surface area contributed by atoms with Gasteiger partial charge in [0.15, 0.2) is 0 Å². The maximum atomic E-state index is 13.7. The lowest BCUT2D eigenvalue weighted by atomic mass is 9.72. The summed E-state index contributed by atoms with van der Waals surface area (Å²) in [6.07, 6.45) is 7.34. The van der Waals surface area contributed by atoms with E-state index in [1.807, 2.05) is 6.92 Å². The van der Waals surface area contributed by atoms with E-state index in [0.717, 1.165) is 24.9 Å². The third kappa shape index (κ3) is 2.30. The molecule has 1 aliphatic carbocycles. The quantitative estimate of drug-likeness (QED) is 0.817. The van der Waals surface area contributed by atoms with Crippen molar-refractivity contribution in [2.75, 3.05) is 6.54 Å². The first-order valence-electron chi connectivity index (χ1n) is 9.92. The molecule has 5 rings (SSSR count). The summed E-state index contributed by atoms with van der Waals surface area (Å²) in [7, 11) is 1.70. The molecule has 144 valence electrons. The highest BCUT2D eigenvalue weighted by molar-refractivity contribution is 7.20. The van der Waals surface area contributed by atoms with E-state index in [4.69, 9.17) is 0 Å². The van der Waals surface area contributed by atoms with Crippen LogP contribution in [0.1, 0.15) is 54.3 Å². The van der Waals surface area contributed by atoms with Crippen LogP contribution < -0.4 is 10.9 Å². The van der Waals surface area contributed by atoms with Crippen LogP contribution in [0.4, 0.5) is 0 Å². The van der Waals surface area contributed by atoms with E-state index in [-0.39, 0.29) is 29.0 Å². The Kier molecular flexibility index (Phi) is 3.78. The van der Waals surface area contributed by atoms with Crippen molar-refractivity contribution in [1.29, 1.82) is 0 Å². The fourth-order valence-electron chi connectivity index (χ4n) is 5.79. The molecule has 1 amide bonds. The lowest BCUT2D eigenvalue weighted by molar-refractivity contribution is 0.0633. The Bertz CT molecular complexity index is 996. The second kappa shape index (κ2) is 5.88. The number of hydrogen-bond donors (Lipinski definition) is 1. The summed E-state index contributed by atoms with van der Waals surface area (Å²) in [4.78, 5) is 34.2. The summed E-state index contributed by atoms with van der Waals surface area (Å²) in [6, 6.07) is 1.05. The van der Waals surface area contributed by atoms with E-state index < -0.39 is 0 Å². The number of likely N-dealkylation sites (tertiary alicyclic amines) is 1. The van der Waals surface area contributed by atoms with Crippen LogP contribution in [-0.2, 0) is 7.05 Å². The predicted molar refractivity (Wildman–Crippen MR) is 106 cm³/mol. The van der Waals surface area contributed by atoms with Gasteiger partial charge in [-0.25, -0.2) is 4.98 Å². The van der Waals surface area contributed by atoms with Crippen LogP contribution >= 0.6 is 11.3 Å². The van der Waals surface area contributed by atoms with E-state index in [1.54, 1.807) is 13.4 Å². The van der Waals surface area contributed by atoms with Crippen molar-refractivity contribution in [3.05, 3.63) is 27.1 Å². The minimum atomic E-state index is -0.0730. The van der Waals surface area contributed by atoms with Gasteiger partial charge in [0.05, 0.1) is 16.6 Å². The molecule has 7 heteroatoms. The van der Waals surface area contributed by atoms with Crippen molar-refractivity contribution < 1.29 is 4.79 Å². The first kappa shape index (κ1) is 17.4. The summed E-state index contributed by atoms with van der Waals surface area (Å²) in [5.74, 6) is 0.0978. The molecule has 0 spiro atoms. The molecular weight excluding hydrogens is 360 g/mol. The largest absolute Gasteiger partial charge is 0.330 e. The zero-order valence-electron chi connectivity index (χ0n) is 16.1. The first-order chi connectivity index (χ1) is 12.9. The van der Waals surface area contributed by atoms with E-state index in [0.29, 0.717) is 21.1 Å². The lowest BCUT2D eigenvalue weighted by Gasteiger charge is -2.39. The van der Waals surface area contributed by atoms with Crippen LogP contribution in [0.25, 0.3) is 10.2 Å².